The van der Waals surface area contributed by atoms with Crippen LogP contribution >= 0.6 is 0 Å². The SMILES string of the molecule is Oc1ccc(-c2cnn3ccc(NCc4ccncc4)nc23)cc1. The molecule has 0 aliphatic rings. The largest absolute Gasteiger partial charge is 0.508 e. The second kappa shape index (κ2) is 6.00. The Morgan fingerprint density at radius 2 is 1.79 bits per heavy atom. The van der Waals surface area contributed by atoms with Crippen LogP contribution in [0.3, 0.4) is 0 Å². The van der Waals surface area contributed by atoms with Gasteiger partial charge in [0.05, 0.1) is 6.20 Å². The predicted octanol–water partition coefficient (Wildman–Crippen LogP) is 3.11. The normalized spacial score (nSPS) is 10.8. The lowest BCUT2D eigenvalue weighted by Gasteiger charge is -2.06. The lowest BCUT2D eigenvalue weighted by atomic mass is 10.1. The summed E-state index contributed by atoms with van der Waals surface area (Å²) in [6.45, 7) is 0.675. The third-order valence-electron chi connectivity index (χ3n) is 3.77. The third-order valence-corrected chi connectivity index (χ3v) is 3.77. The molecule has 4 aromatic rings. The van der Waals surface area contributed by atoms with Crippen LogP contribution < -0.4 is 5.32 Å². The Hall–Kier alpha value is -3.41. The van der Waals surface area contributed by atoms with E-state index in [2.05, 4.69) is 20.4 Å². The second-order valence-corrected chi connectivity index (χ2v) is 5.40. The van der Waals surface area contributed by atoms with E-state index < -0.39 is 0 Å². The highest BCUT2D eigenvalue weighted by atomic mass is 16.3. The van der Waals surface area contributed by atoms with Crippen molar-refractivity contribution < 1.29 is 5.11 Å². The van der Waals surface area contributed by atoms with Gasteiger partial charge in [0, 0.05) is 30.7 Å². The van der Waals surface area contributed by atoms with E-state index in [1.54, 1.807) is 35.2 Å². The van der Waals surface area contributed by atoms with E-state index in [1.807, 2.05) is 36.5 Å². The van der Waals surface area contributed by atoms with Crippen LogP contribution in [-0.2, 0) is 6.54 Å². The van der Waals surface area contributed by atoms with Gasteiger partial charge in [-0.15, -0.1) is 0 Å². The first kappa shape index (κ1) is 14.2. The molecule has 0 fully saturated rings. The molecule has 24 heavy (non-hydrogen) atoms. The summed E-state index contributed by atoms with van der Waals surface area (Å²) in [5, 5.41) is 17.1. The number of benzene rings is 1. The molecular weight excluding hydrogens is 302 g/mol. The van der Waals surface area contributed by atoms with Gasteiger partial charge in [-0.2, -0.15) is 5.10 Å². The summed E-state index contributed by atoms with van der Waals surface area (Å²) in [5.74, 6) is 1.02. The number of pyridine rings is 1. The number of hydrogen-bond acceptors (Lipinski definition) is 5. The number of phenolic OH excluding ortho intramolecular Hbond substituents is 1. The van der Waals surface area contributed by atoms with Gasteiger partial charge in [0.2, 0.25) is 0 Å². The van der Waals surface area contributed by atoms with Gasteiger partial charge in [0.25, 0.3) is 0 Å². The molecule has 118 valence electrons. The molecule has 0 saturated carbocycles. The summed E-state index contributed by atoms with van der Waals surface area (Å²) in [5.41, 5.74) is 3.78. The van der Waals surface area contributed by atoms with Crippen molar-refractivity contribution in [2.75, 3.05) is 5.32 Å². The van der Waals surface area contributed by atoms with Gasteiger partial charge in [0.1, 0.15) is 11.6 Å². The lowest BCUT2D eigenvalue weighted by molar-refractivity contribution is 0.475. The van der Waals surface area contributed by atoms with Crippen molar-refractivity contribution >= 4 is 11.5 Å². The van der Waals surface area contributed by atoms with E-state index in [0.29, 0.717) is 6.54 Å². The van der Waals surface area contributed by atoms with Crippen molar-refractivity contribution in [1.82, 2.24) is 19.6 Å². The van der Waals surface area contributed by atoms with Gasteiger partial charge in [-0.05, 0) is 41.5 Å². The number of hydrogen-bond donors (Lipinski definition) is 2. The number of anilines is 1. The van der Waals surface area contributed by atoms with E-state index in [4.69, 9.17) is 0 Å². The maximum absolute atomic E-state index is 9.44. The molecule has 0 aliphatic heterocycles. The van der Waals surface area contributed by atoms with Crippen LogP contribution in [0.15, 0.2) is 67.3 Å². The minimum atomic E-state index is 0.239. The Labute approximate surface area is 138 Å². The van der Waals surface area contributed by atoms with Crippen LogP contribution in [0.2, 0.25) is 0 Å². The number of nitrogens with zero attached hydrogens (tertiary/aromatic N) is 4. The van der Waals surface area contributed by atoms with E-state index in [9.17, 15) is 5.11 Å². The number of fused-ring (bicyclic) bond motifs is 1. The van der Waals surface area contributed by atoms with Crippen molar-refractivity contribution in [2.24, 2.45) is 0 Å². The van der Waals surface area contributed by atoms with Crippen molar-refractivity contribution in [3.05, 3.63) is 72.8 Å². The molecule has 6 heteroatoms. The zero-order valence-corrected chi connectivity index (χ0v) is 12.8. The van der Waals surface area contributed by atoms with Crippen LogP contribution in [0, 0.1) is 0 Å². The minimum absolute atomic E-state index is 0.239. The molecule has 0 amide bonds. The standard InChI is InChI=1S/C18H15N5O/c24-15-3-1-14(2-4-15)16-12-21-23-10-7-17(22-18(16)23)20-11-13-5-8-19-9-6-13/h1-10,12,24H,11H2,(H,20,22). The molecule has 0 saturated heterocycles. The zero-order valence-electron chi connectivity index (χ0n) is 12.8. The second-order valence-electron chi connectivity index (χ2n) is 5.40. The van der Waals surface area contributed by atoms with Gasteiger partial charge in [-0.25, -0.2) is 9.50 Å². The van der Waals surface area contributed by atoms with Crippen molar-refractivity contribution in [3.8, 4) is 16.9 Å². The van der Waals surface area contributed by atoms with E-state index in [1.165, 1.54) is 0 Å². The van der Waals surface area contributed by atoms with Gasteiger partial charge < -0.3 is 10.4 Å². The fourth-order valence-corrected chi connectivity index (χ4v) is 2.51. The summed E-state index contributed by atoms with van der Waals surface area (Å²) in [4.78, 5) is 8.67. The molecule has 0 atom stereocenters. The predicted molar refractivity (Wildman–Crippen MR) is 91.7 cm³/mol. The minimum Gasteiger partial charge on any atom is -0.508 e. The van der Waals surface area contributed by atoms with Crippen LogP contribution in [-0.4, -0.2) is 24.7 Å². The van der Waals surface area contributed by atoms with Gasteiger partial charge in [0.15, 0.2) is 5.65 Å². The molecule has 2 N–H and O–H groups in total. The number of rotatable bonds is 4. The quantitative estimate of drug-likeness (QED) is 0.605. The zero-order chi connectivity index (χ0) is 16.4. The Kier molecular flexibility index (Phi) is 3.55. The highest BCUT2D eigenvalue weighted by molar-refractivity contribution is 5.77. The number of aromatic nitrogens is 4. The van der Waals surface area contributed by atoms with Gasteiger partial charge in [-0.3, -0.25) is 4.98 Å². The fourth-order valence-electron chi connectivity index (χ4n) is 2.51. The molecule has 3 heterocycles. The Balaban J connectivity index is 1.64. The summed E-state index contributed by atoms with van der Waals surface area (Å²) in [6.07, 6.45) is 7.20. The highest BCUT2D eigenvalue weighted by Gasteiger charge is 2.09. The Morgan fingerprint density at radius 3 is 2.58 bits per heavy atom. The molecule has 0 aliphatic carbocycles. The summed E-state index contributed by atoms with van der Waals surface area (Å²) in [7, 11) is 0. The van der Waals surface area contributed by atoms with Crippen molar-refractivity contribution in [2.45, 2.75) is 6.54 Å². The molecule has 6 nitrogen and oxygen atoms in total. The third kappa shape index (κ3) is 2.77. The van der Waals surface area contributed by atoms with Gasteiger partial charge in [-0.1, -0.05) is 12.1 Å². The number of phenols is 1. The molecule has 0 radical (unpaired) electrons. The maximum Gasteiger partial charge on any atom is 0.165 e. The lowest BCUT2D eigenvalue weighted by Crippen LogP contribution is -2.02. The van der Waals surface area contributed by atoms with Crippen LogP contribution in [0.1, 0.15) is 5.56 Å². The van der Waals surface area contributed by atoms with Gasteiger partial charge >= 0.3 is 0 Å². The monoisotopic (exact) mass is 317 g/mol. The first-order valence-corrected chi connectivity index (χ1v) is 7.56. The van der Waals surface area contributed by atoms with E-state index >= 15 is 0 Å². The average molecular weight is 317 g/mol. The van der Waals surface area contributed by atoms with Crippen LogP contribution in [0.25, 0.3) is 16.8 Å². The summed E-state index contributed by atoms with van der Waals surface area (Å²) in [6, 6.07) is 12.8. The number of aromatic hydroxyl groups is 1. The smallest absolute Gasteiger partial charge is 0.165 e. The van der Waals surface area contributed by atoms with Crippen LogP contribution in [0.5, 0.6) is 5.75 Å². The molecule has 4 rings (SSSR count). The molecule has 1 aromatic carbocycles. The van der Waals surface area contributed by atoms with Crippen LogP contribution in [0.4, 0.5) is 5.82 Å². The van der Waals surface area contributed by atoms with E-state index in [-0.39, 0.29) is 5.75 Å². The average Bonchev–Trinajstić information content (AvgIpc) is 3.05. The summed E-state index contributed by atoms with van der Waals surface area (Å²) < 4.78 is 1.74. The molecule has 0 bridgehead atoms. The Morgan fingerprint density at radius 1 is 1.00 bits per heavy atom. The highest BCUT2D eigenvalue weighted by Crippen LogP contribution is 2.25. The molecule has 3 aromatic heterocycles. The van der Waals surface area contributed by atoms with Crippen molar-refractivity contribution in [3.63, 3.8) is 0 Å². The Bertz CT molecular complexity index is 964. The van der Waals surface area contributed by atoms with E-state index in [0.717, 1.165) is 28.2 Å². The number of nitrogens with one attached hydrogen (secondary N) is 1. The molecule has 0 spiro atoms. The van der Waals surface area contributed by atoms with Crippen molar-refractivity contribution in [1.29, 1.82) is 0 Å². The summed E-state index contributed by atoms with van der Waals surface area (Å²) >= 11 is 0. The fraction of sp³-hybridized carbons (Fsp3) is 0.0556. The molecule has 0 unspecified atom stereocenters. The maximum atomic E-state index is 9.44. The first-order chi connectivity index (χ1) is 11.8. The first-order valence-electron chi connectivity index (χ1n) is 7.56. The topological polar surface area (TPSA) is 75.3 Å². The molecular formula is C18H15N5O.